The first-order valence-corrected chi connectivity index (χ1v) is 7.99. The van der Waals surface area contributed by atoms with E-state index in [-0.39, 0.29) is 17.7 Å². The van der Waals surface area contributed by atoms with Gasteiger partial charge in [-0.25, -0.2) is 0 Å². The highest BCUT2D eigenvalue weighted by atomic mass is 16.5. The van der Waals surface area contributed by atoms with Crippen molar-refractivity contribution in [3.05, 3.63) is 71.3 Å². The second-order valence-electron chi connectivity index (χ2n) is 5.56. The minimum Gasteiger partial charge on any atom is -0.465 e. The quantitative estimate of drug-likeness (QED) is 0.433. The van der Waals surface area contributed by atoms with Crippen molar-refractivity contribution in [3.8, 4) is 0 Å². The molecule has 2 aromatic rings. The number of unbranched alkanes of at least 4 members (excludes halogenated alkanes) is 1. The van der Waals surface area contributed by atoms with Gasteiger partial charge in [-0.1, -0.05) is 61.9 Å². The number of hydrogen-bond acceptors (Lipinski definition) is 3. The lowest BCUT2D eigenvalue weighted by molar-refractivity contribution is -0.145. The molecule has 3 nitrogen and oxygen atoms in total. The van der Waals surface area contributed by atoms with Crippen molar-refractivity contribution in [2.24, 2.45) is 0 Å². The van der Waals surface area contributed by atoms with E-state index in [0.29, 0.717) is 17.7 Å². The number of esters is 1. The summed E-state index contributed by atoms with van der Waals surface area (Å²) in [5, 5.41) is 0. The molecule has 0 bridgehead atoms. The number of carbonyl (C=O) groups excluding carboxylic acids is 2. The number of ketones is 1. The van der Waals surface area contributed by atoms with E-state index in [0.717, 1.165) is 18.4 Å². The average molecular weight is 310 g/mol. The highest BCUT2D eigenvalue weighted by molar-refractivity contribution is 6.09. The minimum absolute atomic E-state index is 0.0426. The van der Waals surface area contributed by atoms with Crippen molar-refractivity contribution >= 4 is 11.8 Å². The van der Waals surface area contributed by atoms with Crippen LogP contribution in [0.15, 0.2) is 54.6 Å². The molecule has 0 aliphatic rings. The van der Waals surface area contributed by atoms with Crippen molar-refractivity contribution in [1.82, 2.24) is 0 Å². The monoisotopic (exact) mass is 310 g/mol. The van der Waals surface area contributed by atoms with Gasteiger partial charge in [-0.2, -0.15) is 0 Å². The van der Waals surface area contributed by atoms with Gasteiger partial charge in [0.15, 0.2) is 5.78 Å². The maximum Gasteiger partial charge on any atom is 0.313 e. The first-order valence-electron chi connectivity index (χ1n) is 7.99. The van der Waals surface area contributed by atoms with Gasteiger partial charge in [0, 0.05) is 11.1 Å². The molecule has 0 aliphatic heterocycles. The Morgan fingerprint density at radius 3 is 2.39 bits per heavy atom. The van der Waals surface area contributed by atoms with E-state index in [1.807, 2.05) is 24.3 Å². The molecule has 0 spiro atoms. The number of ether oxygens (including phenoxy) is 1. The molecular weight excluding hydrogens is 288 g/mol. The SMILES string of the molecule is CCCCOC(=O)C(C)c1cccc(C(=O)c2ccccc2)c1. The Kier molecular flexibility index (Phi) is 6.10. The predicted octanol–water partition coefficient (Wildman–Crippen LogP) is 4.36. The maximum absolute atomic E-state index is 12.5. The van der Waals surface area contributed by atoms with Gasteiger partial charge in [-0.05, 0) is 25.0 Å². The van der Waals surface area contributed by atoms with Crippen LogP contribution in [0, 0.1) is 0 Å². The van der Waals surface area contributed by atoms with Crippen LogP contribution in [-0.4, -0.2) is 18.4 Å². The summed E-state index contributed by atoms with van der Waals surface area (Å²) in [5.41, 5.74) is 2.03. The zero-order chi connectivity index (χ0) is 16.7. The zero-order valence-electron chi connectivity index (χ0n) is 13.6. The molecule has 1 unspecified atom stereocenters. The second-order valence-corrected chi connectivity index (χ2v) is 5.56. The summed E-state index contributed by atoms with van der Waals surface area (Å²) in [7, 11) is 0. The molecule has 0 radical (unpaired) electrons. The lowest BCUT2D eigenvalue weighted by Gasteiger charge is -2.12. The van der Waals surface area contributed by atoms with Gasteiger partial charge >= 0.3 is 5.97 Å². The Labute approximate surface area is 137 Å². The molecule has 0 N–H and O–H groups in total. The molecule has 0 aliphatic carbocycles. The Balaban J connectivity index is 2.13. The molecule has 2 aromatic carbocycles. The molecular formula is C20H22O3. The molecule has 23 heavy (non-hydrogen) atoms. The van der Waals surface area contributed by atoms with Crippen LogP contribution in [0.4, 0.5) is 0 Å². The molecule has 0 saturated carbocycles. The van der Waals surface area contributed by atoms with Crippen molar-refractivity contribution in [1.29, 1.82) is 0 Å². The molecule has 0 heterocycles. The average Bonchev–Trinajstić information content (AvgIpc) is 2.61. The van der Waals surface area contributed by atoms with Crippen molar-refractivity contribution < 1.29 is 14.3 Å². The number of benzene rings is 2. The van der Waals surface area contributed by atoms with Crippen LogP contribution in [0.5, 0.6) is 0 Å². The fourth-order valence-corrected chi connectivity index (χ4v) is 2.28. The number of carbonyl (C=O) groups is 2. The van der Waals surface area contributed by atoms with E-state index in [9.17, 15) is 9.59 Å². The van der Waals surface area contributed by atoms with E-state index < -0.39 is 0 Å². The molecule has 0 fully saturated rings. The van der Waals surface area contributed by atoms with Crippen LogP contribution in [0.3, 0.4) is 0 Å². The topological polar surface area (TPSA) is 43.4 Å². The summed E-state index contributed by atoms with van der Waals surface area (Å²) in [6.45, 7) is 4.30. The summed E-state index contributed by atoms with van der Waals surface area (Å²) in [5.74, 6) is -0.669. The van der Waals surface area contributed by atoms with Crippen LogP contribution in [0.25, 0.3) is 0 Å². The third-order valence-corrected chi connectivity index (χ3v) is 3.78. The smallest absolute Gasteiger partial charge is 0.313 e. The fraction of sp³-hybridized carbons (Fsp3) is 0.300. The summed E-state index contributed by atoms with van der Waals surface area (Å²) in [6.07, 6.45) is 1.85. The van der Waals surface area contributed by atoms with E-state index in [1.165, 1.54) is 0 Å². The number of hydrogen-bond donors (Lipinski definition) is 0. The van der Waals surface area contributed by atoms with Crippen molar-refractivity contribution in [2.75, 3.05) is 6.61 Å². The largest absolute Gasteiger partial charge is 0.465 e. The molecule has 0 aromatic heterocycles. The highest BCUT2D eigenvalue weighted by Gasteiger charge is 2.18. The summed E-state index contributed by atoms with van der Waals surface area (Å²) < 4.78 is 5.26. The summed E-state index contributed by atoms with van der Waals surface area (Å²) >= 11 is 0. The first-order chi connectivity index (χ1) is 11.1. The van der Waals surface area contributed by atoms with Crippen molar-refractivity contribution in [3.63, 3.8) is 0 Å². The lowest BCUT2D eigenvalue weighted by Crippen LogP contribution is -2.14. The normalized spacial score (nSPS) is 11.7. The van der Waals surface area contributed by atoms with Crippen LogP contribution in [-0.2, 0) is 9.53 Å². The molecule has 1 atom stereocenters. The van der Waals surface area contributed by atoms with Gasteiger partial charge in [0.2, 0.25) is 0 Å². The second kappa shape index (κ2) is 8.28. The summed E-state index contributed by atoms with van der Waals surface area (Å²) in [4.78, 5) is 24.5. The van der Waals surface area contributed by atoms with Crippen molar-refractivity contribution in [2.45, 2.75) is 32.6 Å². The molecule has 0 saturated heterocycles. The van der Waals surface area contributed by atoms with E-state index in [2.05, 4.69) is 6.92 Å². The highest BCUT2D eigenvalue weighted by Crippen LogP contribution is 2.20. The number of rotatable bonds is 7. The van der Waals surface area contributed by atoms with Gasteiger partial charge in [0.05, 0.1) is 12.5 Å². The Morgan fingerprint density at radius 2 is 1.70 bits per heavy atom. The molecule has 2 rings (SSSR count). The van der Waals surface area contributed by atoms with Gasteiger partial charge < -0.3 is 4.74 Å². The Hall–Kier alpha value is -2.42. The van der Waals surface area contributed by atoms with Gasteiger partial charge in [-0.15, -0.1) is 0 Å². The molecule has 3 heteroatoms. The molecule has 0 amide bonds. The Bertz CT molecular complexity index is 662. The van der Waals surface area contributed by atoms with E-state index in [4.69, 9.17) is 4.74 Å². The first kappa shape index (κ1) is 16.9. The maximum atomic E-state index is 12.5. The van der Waals surface area contributed by atoms with Crippen LogP contribution in [0.1, 0.15) is 54.1 Å². The van der Waals surface area contributed by atoms with Gasteiger partial charge in [-0.3, -0.25) is 9.59 Å². The van der Waals surface area contributed by atoms with Gasteiger partial charge in [0.1, 0.15) is 0 Å². The third kappa shape index (κ3) is 4.52. The van der Waals surface area contributed by atoms with Crippen LogP contribution >= 0.6 is 0 Å². The standard InChI is InChI=1S/C20H22O3/c1-3-4-13-23-20(22)15(2)17-11-8-12-18(14-17)19(21)16-9-6-5-7-10-16/h5-12,14-15H,3-4,13H2,1-2H3. The van der Waals surface area contributed by atoms with Crippen LogP contribution in [0.2, 0.25) is 0 Å². The van der Waals surface area contributed by atoms with E-state index in [1.54, 1.807) is 37.3 Å². The fourth-order valence-electron chi connectivity index (χ4n) is 2.28. The van der Waals surface area contributed by atoms with Gasteiger partial charge in [0.25, 0.3) is 0 Å². The predicted molar refractivity (Wildman–Crippen MR) is 90.6 cm³/mol. The third-order valence-electron chi connectivity index (χ3n) is 3.78. The molecule has 120 valence electrons. The summed E-state index contributed by atoms with van der Waals surface area (Å²) in [6, 6.07) is 16.3. The Morgan fingerprint density at radius 1 is 1.00 bits per heavy atom. The minimum atomic E-state index is -0.379. The van der Waals surface area contributed by atoms with E-state index >= 15 is 0 Å². The van der Waals surface area contributed by atoms with Crippen LogP contribution < -0.4 is 0 Å². The lowest BCUT2D eigenvalue weighted by atomic mass is 9.96. The zero-order valence-corrected chi connectivity index (χ0v) is 13.6.